The molecule has 7 rings (SSSR count). The topological polar surface area (TPSA) is 52.0 Å². The molecule has 4 nitrogen and oxygen atoms in total. The van der Waals surface area contributed by atoms with Crippen LogP contribution in [0.4, 0.5) is 0 Å². The van der Waals surface area contributed by atoms with Gasteiger partial charge in [0, 0.05) is 29.4 Å². The quantitative estimate of drug-likeness (QED) is 0.187. The Morgan fingerprint density at radius 3 is 1.95 bits per heavy atom. The first-order valence-corrected chi connectivity index (χ1v) is 12.8. The maximum atomic E-state index is 13.2. The van der Waals surface area contributed by atoms with Crippen molar-refractivity contribution in [2.45, 2.75) is 0 Å². The van der Waals surface area contributed by atoms with Gasteiger partial charge in [-0.25, -0.2) is 4.98 Å². The standard InChI is InChI=1S/C32H20N2O2S/c1-34-22(17-27-29(35)25-15-20-11-5-6-12-21(20)16-26(25)30(27)36)18-28-31(34)33-32(37-28)24-14-8-7-13-23(24)19-9-3-2-4-10-19/h2-18H,1H3. The SMILES string of the molecule is Cn1c(C=C2C(=O)c3cc4ccccc4cc3C2=O)cc2sc(-c3ccccc3-c3ccccc3)nc21. The van der Waals surface area contributed by atoms with Crippen LogP contribution in [0.25, 0.3) is 48.9 Å². The second-order valence-corrected chi connectivity index (χ2v) is 10.2. The van der Waals surface area contributed by atoms with Gasteiger partial charge in [0.2, 0.25) is 0 Å². The molecule has 0 unspecified atom stereocenters. The summed E-state index contributed by atoms with van der Waals surface area (Å²) in [4.78, 5) is 31.4. The highest BCUT2D eigenvalue weighted by molar-refractivity contribution is 7.21. The van der Waals surface area contributed by atoms with E-state index in [2.05, 4.69) is 24.3 Å². The van der Waals surface area contributed by atoms with Gasteiger partial charge >= 0.3 is 0 Å². The summed E-state index contributed by atoms with van der Waals surface area (Å²) in [7, 11) is 1.92. The van der Waals surface area contributed by atoms with Gasteiger partial charge in [-0.15, -0.1) is 11.3 Å². The van der Waals surface area contributed by atoms with Gasteiger partial charge < -0.3 is 4.57 Å². The van der Waals surface area contributed by atoms with Crippen molar-refractivity contribution in [3.05, 3.63) is 119 Å². The van der Waals surface area contributed by atoms with Crippen molar-refractivity contribution >= 4 is 50.1 Å². The van der Waals surface area contributed by atoms with E-state index in [1.165, 1.54) is 0 Å². The summed E-state index contributed by atoms with van der Waals surface area (Å²) in [5.74, 6) is -0.443. The molecule has 0 fully saturated rings. The second-order valence-electron chi connectivity index (χ2n) is 9.21. The average molecular weight is 497 g/mol. The Labute approximate surface area is 217 Å². The minimum absolute atomic E-state index is 0.202. The van der Waals surface area contributed by atoms with Gasteiger partial charge in [-0.2, -0.15) is 0 Å². The van der Waals surface area contributed by atoms with Crippen LogP contribution in [0.5, 0.6) is 0 Å². The Kier molecular flexibility index (Phi) is 4.81. The van der Waals surface area contributed by atoms with E-state index in [1.807, 2.05) is 84.4 Å². The van der Waals surface area contributed by atoms with Gasteiger partial charge in [0.15, 0.2) is 17.2 Å². The first-order chi connectivity index (χ1) is 18.1. The number of rotatable bonds is 3. The lowest BCUT2D eigenvalue weighted by atomic mass is 10.0. The summed E-state index contributed by atoms with van der Waals surface area (Å²) < 4.78 is 2.96. The predicted molar refractivity (Wildman–Crippen MR) is 150 cm³/mol. The molecule has 4 aromatic carbocycles. The molecule has 37 heavy (non-hydrogen) atoms. The monoisotopic (exact) mass is 496 g/mol. The number of aromatic nitrogens is 2. The van der Waals surface area contributed by atoms with E-state index in [0.29, 0.717) is 11.1 Å². The van der Waals surface area contributed by atoms with Crippen LogP contribution < -0.4 is 0 Å². The number of carbonyl (C=O) groups excluding carboxylic acids is 2. The molecule has 0 saturated carbocycles. The van der Waals surface area contributed by atoms with Crippen LogP contribution in [-0.4, -0.2) is 21.1 Å². The summed E-state index contributed by atoms with van der Waals surface area (Å²) in [6, 6.07) is 32.0. The van der Waals surface area contributed by atoms with Crippen LogP contribution in [0.15, 0.2) is 103 Å². The van der Waals surface area contributed by atoms with Gasteiger partial charge in [-0.1, -0.05) is 78.9 Å². The Hall–Kier alpha value is -4.61. The first-order valence-electron chi connectivity index (χ1n) is 12.0. The molecule has 0 amide bonds. The fourth-order valence-corrected chi connectivity index (χ4v) is 6.17. The summed E-state index contributed by atoms with van der Waals surface area (Å²) in [6.07, 6.45) is 1.71. The number of nitrogens with zero attached hydrogens (tertiary/aromatic N) is 2. The summed E-state index contributed by atoms with van der Waals surface area (Å²) in [5, 5.41) is 2.84. The lowest BCUT2D eigenvalue weighted by Gasteiger charge is -2.07. The van der Waals surface area contributed by atoms with Crippen molar-refractivity contribution in [1.82, 2.24) is 9.55 Å². The normalized spacial score (nSPS) is 13.1. The number of benzene rings is 4. The van der Waals surface area contributed by atoms with Crippen molar-refractivity contribution in [1.29, 1.82) is 0 Å². The van der Waals surface area contributed by atoms with Gasteiger partial charge in [-0.05, 0) is 46.2 Å². The molecular formula is C32H20N2O2S. The van der Waals surface area contributed by atoms with Gasteiger partial charge in [0.05, 0.1) is 10.3 Å². The number of ketones is 2. The van der Waals surface area contributed by atoms with E-state index in [4.69, 9.17) is 4.98 Å². The Morgan fingerprint density at radius 1 is 0.703 bits per heavy atom. The number of hydrogen-bond acceptors (Lipinski definition) is 4. The highest BCUT2D eigenvalue weighted by Gasteiger charge is 2.33. The maximum Gasteiger partial charge on any atom is 0.197 e. The molecule has 176 valence electrons. The van der Waals surface area contributed by atoms with Crippen molar-refractivity contribution in [3.63, 3.8) is 0 Å². The molecule has 2 heterocycles. The molecule has 6 aromatic rings. The number of hydrogen-bond donors (Lipinski definition) is 0. The minimum Gasteiger partial charge on any atom is -0.328 e. The van der Waals surface area contributed by atoms with Crippen molar-refractivity contribution in [3.8, 4) is 21.7 Å². The van der Waals surface area contributed by atoms with Crippen LogP contribution in [0.3, 0.4) is 0 Å². The number of aryl methyl sites for hydroxylation is 1. The predicted octanol–water partition coefficient (Wildman–Crippen LogP) is 7.58. The molecule has 1 aliphatic rings. The molecule has 1 aliphatic carbocycles. The van der Waals surface area contributed by atoms with Crippen molar-refractivity contribution in [2.24, 2.45) is 7.05 Å². The number of fused-ring (bicyclic) bond motifs is 3. The molecule has 5 heteroatoms. The zero-order valence-corrected chi connectivity index (χ0v) is 20.8. The lowest BCUT2D eigenvalue weighted by molar-refractivity contribution is 0.0990. The molecular weight excluding hydrogens is 476 g/mol. The first kappa shape index (κ1) is 21.7. The van der Waals surface area contributed by atoms with Gasteiger partial charge in [0.25, 0.3) is 0 Å². The highest BCUT2D eigenvalue weighted by atomic mass is 32.1. The van der Waals surface area contributed by atoms with Crippen LogP contribution in [0.2, 0.25) is 0 Å². The lowest BCUT2D eigenvalue weighted by Crippen LogP contribution is -2.02. The number of carbonyl (C=O) groups is 2. The zero-order valence-electron chi connectivity index (χ0n) is 19.9. The highest BCUT2D eigenvalue weighted by Crippen LogP contribution is 2.38. The van der Waals surface area contributed by atoms with Crippen LogP contribution in [0, 0.1) is 0 Å². The molecule has 0 saturated heterocycles. The summed E-state index contributed by atoms with van der Waals surface area (Å²) in [5.41, 5.74) is 6.13. The van der Waals surface area contributed by atoms with Gasteiger partial charge in [-0.3, -0.25) is 9.59 Å². The average Bonchev–Trinajstić information content (AvgIpc) is 3.56. The molecule has 0 atom stereocenters. The van der Waals surface area contributed by atoms with Crippen LogP contribution in [0.1, 0.15) is 26.4 Å². The second kappa shape index (κ2) is 8.22. The summed E-state index contributed by atoms with van der Waals surface area (Å²) in [6.45, 7) is 0. The van der Waals surface area contributed by atoms with E-state index in [1.54, 1.807) is 17.4 Å². The van der Waals surface area contributed by atoms with E-state index in [9.17, 15) is 9.59 Å². The molecule has 0 radical (unpaired) electrons. The van der Waals surface area contributed by atoms with Crippen molar-refractivity contribution in [2.75, 3.05) is 0 Å². The van der Waals surface area contributed by atoms with E-state index in [0.717, 1.165) is 48.5 Å². The number of allylic oxidation sites excluding steroid dienone is 1. The molecule has 2 aromatic heterocycles. The van der Waals surface area contributed by atoms with E-state index in [-0.39, 0.29) is 17.1 Å². The smallest absolute Gasteiger partial charge is 0.197 e. The molecule has 0 N–H and O–H groups in total. The van der Waals surface area contributed by atoms with Crippen LogP contribution in [-0.2, 0) is 7.05 Å². The zero-order chi connectivity index (χ0) is 25.1. The van der Waals surface area contributed by atoms with Crippen molar-refractivity contribution < 1.29 is 9.59 Å². The van der Waals surface area contributed by atoms with Gasteiger partial charge in [0.1, 0.15) is 5.01 Å². The molecule has 0 aliphatic heterocycles. The summed E-state index contributed by atoms with van der Waals surface area (Å²) >= 11 is 1.61. The third kappa shape index (κ3) is 3.39. The fraction of sp³-hybridized carbons (Fsp3) is 0.0312. The third-order valence-corrected chi connectivity index (χ3v) is 8.04. The van der Waals surface area contributed by atoms with E-state index >= 15 is 0 Å². The third-order valence-electron chi connectivity index (χ3n) is 7.02. The minimum atomic E-state index is -0.222. The Morgan fingerprint density at radius 2 is 1.30 bits per heavy atom. The fourth-order valence-electron chi connectivity index (χ4n) is 5.09. The Balaban J connectivity index is 1.29. The number of thiazole rings is 1. The molecule has 0 spiro atoms. The maximum absolute atomic E-state index is 13.2. The van der Waals surface area contributed by atoms with E-state index < -0.39 is 0 Å². The van der Waals surface area contributed by atoms with Crippen LogP contribution >= 0.6 is 11.3 Å². The Bertz CT molecular complexity index is 1870. The largest absolute Gasteiger partial charge is 0.328 e. The molecule has 0 bridgehead atoms. The number of Topliss-reactive ketones (excluding diaryl/α,β-unsaturated/α-hetero) is 2.